The fraction of sp³-hybridized carbons (Fsp3) is 0.235. The Bertz CT molecular complexity index is 831. The van der Waals surface area contributed by atoms with E-state index in [0.717, 1.165) is 0 Å². The number of esters is 1. The summed E-state index contributed by atoms with van der Waals surface area (Å²) in [7, 11) is 0. The fourth-order valence-electron chi connectivity index (χ4n) is 3.02. The summed E-state index contributed by atoms with van der Waals surface area (Å²) in [6, 6.07) is 10.00. The van der Waals surface area contributed by atoms with Gasteiger partial charge in [-0.05, 0) is 23.8 Å². The summed E-state index contributed by atoms with van der Waals surface area (Å²) < 4.78 is 57.1. The number of fused-ring (bicyclic) bond motifs is 2. The lowest BCUT2D eigenvalue weighted by Crippen LogP contribution is -2.50. The van der Waals surface area contributed by atoms with Gasteiger partial charge in [0.15, 0.2) is 11.5 Å². The van der Waals surface area contributed by atoms with E-state index in [-0.39, 0.29) is 23.7 Å². The van der Waals surface area contributed by atoms with E-state index in [2.05, 4.69) is 0 Å². The zero-order valence-corrected chi connectivity index (χ0v) is 12.2. The lowest BCUT2D eigenvalue weighted by atomic mass is 9.82. The van der Waals surface area contributed by atoms with Crippen molar-refractivity contribution in [2.24, 2.45) is 0 Å². The molecule has 0 spiro atoms. The molecule has 0 radical (unpaired) electrons. The topological polar surface area (TPSA) is 44.8 Å². The normalized spacial score (nSPS) is 22.0. The van der Waals surface area contributed by atoms with Gasteiger partial charge in [0.05, 0.1) is 5.56 Å². The minimum absolute atomic E-state index is 0.0551. The van der Waals surface area contributed by atoms with Crippen LogP contribution in [0.3, 0.4) is 0 Å². The summed E-state index contributed by atoms with van der Waals surface area (Å²) in [6.45, 7) is -0.0551. The van der Waals surface area contributed by atoms with Gasteiger partial charge in [-0.2, -0.15) is 13.2 Å². The molecule has 0 N–H and O–H groups in total. The van der Waals surface area contributed by atoms with Gasteiger partial charge in [0.25, 0.3) is 0 Å². The maximum Gasteiger partial charge on any atom is 0.433 e. The minimum atomic E-state index is -4.79. The Morgan fingerprint density at radius 2 is 1.75 bits per heavy atom. The van der Waals surface area contributed by atoms with Gasteiger partial charge in [0, 0.05) is 12.0 Å². The first-order chi connectivity index (χ1) is 11.4. The van der Waals surface area contributed by atoms with Crippen LogP contribution in [0.2, 0.25) is 0 Å². The Morgan fingerprint density at radius 3 is 2.54 bits per heavy atom. The largest absolute Gasteiger partial charge is 0.454 e. The Kier molecular flexibility index (Phi) is 3.03. The number of carbonyl (C=O) groups is 1. The quantitative estimate of drug-likeness (QED) is 0.747. The molecule has 1 atom stereocenters. The third kappa shape index (κ3) is 2.04. The molecule has 0 saturated heterocycles. The van der Waals surface area contributed by atoms with Gasteiger partial charge in [0.1, 0.15) is 0 Å². The lowest BCUT2D eigenvalue weighted by Gasteiger charge is -2.39. The van der Waals surface area contributed by atoms with Crippen molar-refractivity contribution in [3.8, 4) is 11.5 Å². The summed E-state index contributed by atoms with van der Waals surface area (Å²) >= 11 is 0. The van der Waals surface area contributed by atoms with Crippen molar-refractivity contribution in [1.29, 1.82) is 0 Å². The predicted molar refractivity (Wildman–Crippen MR) is 75.9 cm³/mol. The van der Waals surface area contributed by atoms with Crippen LogP contribution in [-0.2, 0) is 16.8 Å². The molecule has 0 amide bonds. The first-order valence-electron chi connectivity index (χ1n) is 7.19. The first-order valence-corrected chi connectivity index (χ1v) is 7.19. The van der Waals surface area contributed by atoms with Crippen LogP contribution >= 0.6 is 0 Å². The van der Waals surface area contributed by atoms with Gasteiger partial charge in [0.2, 0.25) is 12.4 Å². The highest BCUT2D eigenvalue weighted by Crippen LogP contribution is 2.49. The van der Waals surface area contributed by atoms with E-state index in [1.54, 1.807) is 12.1 Å². The van der Waals surface area contributed by atoms with Crippen molar-refractivity contribution >= 4 is 5.97 Å². The number of alkyl halides is 3. The van der Waals surface area contributed by atoms with E-state index in [1.807, 2.05) is 0 Å². The maximum atomic E-state index is 14.0. The van der Waals surface area contributed by atoms with Crippen LogP contribution in [0.5, 0.6) is 11.5 Å². The van der Waals surface area contributed by atoms with Crippen LogP contribution in [0, 0.1) is 0 Å². The standard InChI is InChI=1S/C17H11F3O4/c18-17(19,20)16(11-5-6-13-14(7-11)23-9-22-13)8-10-3-1-2-4-12(10)15(21)24-16/h1-7H,8-9H2/t16-/m0/s1. The molecule has 124 valence electrons. The van der Waals surface area contributed by atoms with Gasteiger partial charge >= 0.3 is 12.1 Å². The zero-order valence-electron chi connectivity index (χ0n) is 12.2. The highest BCUT2D eigenvalue weighted by molar-refractivity contribution is 5.92. The summed E-state index contributed by atoms with van der Waals surface area (Å²) in [5.74, 6) is -0.434. The third-order valence-corrected chi connectivity index (χ3v) is 4.24. The molecule has 0 aromatic heterocycles. The van der Waals surface area contributed by atoms with E-state index in [1.165, 1.54) is 30.3 Å². The number of ether oxygens (including phenoxy) is 3. The molecular formula is C17H11F3O4. The van der Waals surface area contributed by atoms with Gasteiger partial charge in [-0.25, -0.2) is 4.79 Å². The predicted octanol–water partition coefficient (Wildman–Crippen LogP) is 3.59. The van der Waals surface area contributed by atoms with Crippen LogP contribution in [0.4, 0.5) is 13.2 Å². The van der Waals surface area contributed by atoms with Gasteiger partial charge in [-0.15, -0.1) is 0 Å². The molecule has 0 saturated carbocycles. The van der Waals surface area contributed by atoms with E-state index in [4.69, 9.17) is 14.2 Å². The molecule has 4 rings (SSSR count). The SMILES string of the molecule is O=C1O[C@@](c2ccc3c(c2)OCO3)(C(F)(F)F)Cc2ccccc21. The third-order valence-electron chi connectivity index (χ3n) is 4.24. The number of cyclic esters (lactones) is 1. The summed E-state index contributed by atoms with van der Waals surface area (Å²) in [5.41, 5.74) is -2.50. The molecule has 7 heteroatoms. The molecule has 2 aliphatic heterocycles. The van der Waals surface area contributed by atoms with Crippen molar-refractivity contribution in [1.82, 2.24) is 0 Å². The number of rotatable bonds is 1. The molecule has 24 heavy (non-hydrogen) atoms. The number of carbonyl (C=O) groups excluding carboxylic acids is 1. The monoisotopic (exact) mass is 336 g/mol. The Hall–Kier alpha value is -2.70. The highest BCUT2D eigenvalue weighted by atomic mass is 19.4. The van der Waals surface area contributed by atoms with Crippen LogP contribution in [0.1, 0.15) is 21.5 Å². The van der Waals surface area contributed by atoms with Crippen molar-refractivity contribution in [3.05, 3.63) is 59.2 Å². The van der Waals surface area contributed by atoms with Crippen LogP contribution in [0.15, 0.2) is 42.5 Å². The Labute approximate surface area is 134 Å². The van der Waals surface area contributed by atoms with Crippen LogP contribution in [-0.4, -0.2) is 18.9 Å². The average molecular weight is 336 g/mol. The van der Waals surface area contributed by atoms with E-state index in [9.17, 15) is 18.0 Å². The molecule has 0 aliphatic carbocycles. The number of halogens is 3. The van der Waals surface area contributed by atoms with Gasteiger partial charge < -0.3 is 14.2 Å². The molecule has 2 aromatic carbocycles. The van der Waals surface area contributed by atoms with E-state index in [0.29, 0.717) is 11.3 Å². The fourth-order valence-corrected chi connectivity index (χ4v) is 3.02. The number of hydrogen-bond donors (Lipinski definition) is 0. The van der Waals surface area contributed by atoms with Crippen molar-refractivity contribution in [3.63, 3.8) is 0 Å². The molecule has 4 nitrogen and oxygen atoms in total. The average Bonchev–Trinajstić information content (AvgIpc) is 3.01. The molecule has 2 heterocycles. The molecule has 0 unspecified atom stereocenters. The number of benzene rings is 2. The van der Waals surface area contributed by atoms with Gasteiger partial charge in [-0.1, -0.05) is 24.3 Å². The maximum absolute atomic E-state index is 14.0. The molecular weight excluding hydrogens is 325 g/mol. The summed E-state index contributed by atoms with van der Waals surface area (Å²) in [4.78, 5) is 12.2. The lowest BCUT2D eigenvalue weighted by molar-refractivity contribution is -0.267. The summed E-state index contributed by atoms with van der Waals surface area (Å²) in [5, 5.41) is 0. The Balaban J connectivity index is 1.88. The van der Waals surface area contributed by atoms with Crippen molar-refractivity contribution in [2.75, 3.05) is 6.79 Å². The summed E-state index contributed by atoms with van der Waals surface area (Å²) in [6.07, 6.45) is -5.28. The molecule has 0 fully saturated rings. The van der Waals surface area contributed by atoms with Crippen molar-refractivity contribution < 1.29 is 32.2 Å². The molecule has 0 bridgehead atoms. The second kappa shape index (κ2) is 4.90. The second-order valence-electron chi connectivity index (χ2n) is 5.62. The first kappa shape index (κ1) is 14.9. The number of hydrogen-bond acceptors (Lipinski definition) is 4. The molecule has 2 aromatic rings. The second-order valence-corrected chi connectivity index (χ2v) is 5.62. The van der Waals surface area contributed by atoms with E-state index < -0.39 is 24.2 Å². The zero-order chi connectivity index (χ0) is 16.9. The molecule has 2 aliphatic rings. The Morgan fingerprint density at radius 1 is 1.00 bits per heavy atom. The van der Waals surface area contributed by atoms with Crippen LogP contribution < -0.4 is 9.47 Å². The van der Waals surface area contributed by atoms with Crippen LogP contribution in [0.25, 0.3) is 0 Å². The van der Waals surface area contributed by atoms with Crippen molar-refractivity contribution in [2.45, 2.75) is 18.2 Å². The van der Waals surface area contributed by atoms with Gasteiger partial charge in [-0.3, -0.25) is 0 Å². The van der Waals surface area contributed by atoms with E-state index >= 15 is 0 Å². The minimum Gasteiger partial charge on any atom is -0.454 e. The smallest absolute Gasteiger partial charge is 0.433 e. The highest BCUT2D eigenvalue weighted by Gasteiger charge is 2.61.